The number of aromatic nitrogens is 1. The molecule has 0 aliphatic heterocycles. The molecule has 106 valence electrons. The van der Waals surface area contributed by atoms with Crippen molar-refractivity contribution in [3.8, 4) is 0 Å². The van der Waals surface area contributed by atoms with Gasteiger partial charge in [0.2, 0.25) is 0 Å². The quantitative estimate of drug-likeness (QED) is 0.866. The molecule has 0 bridgehead atoms. The van der Waals surface area contributed by atoms with Crippen molar-refractivity contribution in [1.82, 2.24) is 4.98 Å². The third-order valence-corrected chi connectivity index (χ3v) is 5.21. The zero-order valence-corrected chi connectivity index (χ0v) is 12.7. The van der Waals surface area contributed by atoms with Crippen LogP contribution in [-0.4, -0.2) is 17.6 Å². The molecule has 0 radical (unpaired) electrons. The molecule has 2 N–H and O–H groups in total. The zero-order chi connectivity index (χ0) is 14.0. The van der Waals surface area contributed by atoms with Gasteiger partial charge in [-0.25, -0.2) is 9.78 Å². The number of hydrogen-bond acceptors (Lipinski definition) is 5. The van der Waals surface area contributed by atoms with Crippen molar-refractivity contribution in [3.05, 3.63) is 15.6 Å². The average molecular weight is 282 g/mol. The highest BCUT2D eigenvalue weighted by Gasteiger charge is 2.35. The van der Waals surface area contributed by atoms with E-state index in [2.05, 4.69) is 11.9 Å². The lowest BCUT2D eigenvalue weighted by Gasteiger charge is -2.34. The van der Waals surface area contributed by atoms with Gasteiger partial charge in [-0.05, 0) is 45.4 Å². The van der Waals surface area contributed by atoms with E-state index in [1.807, 2.05) is 13.8 Å². The number of esters is 1. The fourth-order valence-corrected chi connectivity index (χ4v) is 3.61. The topological polar surface area (TPSA) is 65.2 Å². The van der Waals surface area contributed by atoms with Crippen molar-refractivity contribution in [2.75, 3.05) is 6.61 Å². The van der Waals surface area contributed by atoms with Crippen LogP contribution in [0.1, 0.15) is 59.9 Å². The van der Waals surface area contributed by atoms with Gasteiger partial charge in [-0.1, -0.05) is 6.92 Å². The molecule has 4 nitrogen and oxygen atoms in total. The number of hydrogen-bond donors (Lipinski definition) is 1. The van der Waals surface area contributed by atoms with Crippen molar-refractivity contribution in [1.29, 1.82) is 0 Å². The van der Waals surface area contributed by atoms with Crippen LogP contribution in [0.15, 0.2) is 0 Å². The molecule has 19 heavy (non-hydrogen) atoms. The second-order valence-corrected chi connectivity index (χ2v) is 6.49. The first-order chi connectivity index (χ1) is 8.96. The monoisotopic (exact) mass is 282 g/mol. The Kier molecular flexibility index (Phi) is 4.26. The second kappa shape index (κ2) is 5.59. The Morgan fingerprint density at radius 2 is 2.16 bits per heavy atom. The van der Waals surface area contributed by atoms with Gasteiger partial charge in [-0.3, -0.25) is 0 Å². The van der Waals surface area contributed by atoms with E-state index in [0.29, 0.717) is 11.5 Å². The van der Waals surface area contributed by atoms with E-state index in [1.165, 1.54) is 11.3 Å². The minimum Gasteiger partial charge on any atom is -0.462 e. The summed E-state index contributed by atoms with van der Waals surface area (Å²) in [5, 5.41) is 0.889. The van der Waals surface area contributed by atoms with E-state index in [-0.39, 0.29) is 11.5 Å². The zero-order valence-electron chi connectivity index (χ0n) is 11.9. The van der Waals surface area contributed by atoms with E-state index in [1.54, 1.807) is 0 Å². The van der Waals surface area contributed by atoms with Gasteiger partial charge in [0.25, 0.3) is 0 Å². The third kappa shape index (κ3) is 2.98. The fraction of sp³-hybridized carbons (Fsp3) is 0.714. The fourth-order valence-electron chi connectivity index (χ4n) is 2.49. The number of carbonyl (C=O) groups is 1. The lowest BCUT2D eigenvalue weighted by Crippen LogP contribution is -2.40. The molecule has 0 saturated heterocycles. The van der Waals surface area contributed by atoms with Crippen molar-refractivity contribution in [3.63, 3.8) is 0 Å². The minimum atomic E-state index is -0.354. The summed E-state index contributed by atoms with van der Waals surface area (Å²) >= 11 is 1.40. The SMILES string of the molecule is CCOC(=O)c1sc(C2(N)CCC(C)CC2)nc1C. The molecule has 2 rings (SSSR count). The van der Waals surface area contributed by atoms with E-state index < -0.39 is 0 Å². The highest BCUT2D eigenvalue weighted by Crippen LogP contribution is 2.39. The summed E-state index contributed by atoms with van der Waals surface area (Å²) in [7, 11) is 0. The van der Waals surface area contributed by atoms with Gasteiger partial charge in [0.1, 0.15) is 9.88 Å². The molecule has 0 unspecified atom stereocenters. The summed E-state index contributed by atoms with van der Waals surface area (Å²) in [5.74, 6) is 0.457. The molecule has 1 aliphatic carbocycles. The van der Waals surface area contributed by atoms with Crippen LogP contribution in [0.25, 0.3) is 0 Å². The Bertz CT molecular complexity index is 462. The largest absolute Gasteiger partial charge is 0.462 e. The van der Waals surface area contributed by atoms with Crippen molar-refractivity contribution < 1.29 is 9.53 Å². The Morgan fingerprint density at radius 3 is 2.74 bits per heavy atom. The third-order valence-electron chi connectivity index (χ3n) is 3.85. The van der Waals surface area contributed by atoms with E-state index in [9.17, 15) is 4.79 Å². The van der Waals surface area contributed by atoms with Gasteiger partial charge < -0.3 is 10.5 Å². The van der Waals surface area contributed by atoms with Gasteiger partial charge in [-0.15, -0.1) is 11.3 Å². The van der Waals surface area contributed by atoms with Gasteiger partial charge >= 0.3 is 5.97 Å². The molecular weight excluding hydrogens is 260 g/mol. The van der Waals surface area contributed by atoms with Crippen LogP contribution < -0.4 is 5.73 Å². The van der Waals surface area contributed by atoms with Crippen LogP contribution >= 0.6 is 11.3 Å². The standard InChI is InChI=1S/C14H22N2O2S/c1-4-18-12(17)11-10(3)16-13(19-11)14(15)7-5-9(2)6-8-14/h9H,4-8,15H2,1-3H3. The Labute approximate surface area is 118 Å². The van der Waals surface area contributed by atoms with E-state index >= 15 is 0 Å². The normalized spacial score (nSPS) is 27.3. The molecule has 0 spiro atoms. The van der Waals surface area contributed by atoms with Crippen LogP contribution in [0.3, 0.4) is 0 Å². The van der Waals surface area contributed by atoms with Crippen LogP contribution in [0.4, 0.5) is 0 Å². The molecule has 1 fully saturated rings. The summed E-state index contributed by atoms with van der Waals surface area (Å²) in [5.41, 5.74) is 6.88. The van der Waals surface area contributed by atoms with Crippen LogP contribution in [-0.2, 0) is 10.3 Å². The maximum absolute atomic E-state index is 11.8. The number of nitrogens with two attached hydrogens (primary N) is 1. The molecule has 1 aromatic heterocycles. The average Bonchev–Trinajstić information content (AvgIpc) is 2.76. The summed E-state index contributed by atoms with van der Waals surface area (Å²) in [6.07, 6.45) is 4.15. The van der Waals surface area contributed by atoms with E-state index in [0.717, 1.165) is 42.3 Å². The molecule has 1 saturated carbocycles. The Morgan fingerprint density at radius 1 is 1.53 bits per heavy atom. The number of ether oxygens (including phenoxy) is 1. The summed E-state index contributed by atoms with van der Waals surface area (Å²) in [6.45, 7) is 6.30. The number of carbonyl (C=O) groups excluding carboxylic acids is 1. The Balaban J connectivity index is 2.22. The lowest BCUT2D eigenvalue weighted by atomic mass is 9.78. The van der Waals surface area contributed by atoms with Crippen LogP contribution in [0.2, 0.25) is 0 Å². The predicted molar refractivity (Wildman–Crippen MR) is 76.3 cm³/mol. The summed E-state index contributed by atoms with van der Waals surface area (Å²) in [4.78, 5) is 17.0. The highest BCUT2D eigenvalue weighted by atomic mass is 32.1. The summed E-state index contributed by atoms with van der Waals surface area (Å²) < 4.78 is 5.05. The van der Waals surface area contributed by atoms with E-state index in [4.69, 9.17) is 10.5 Å². The first kappa shape index (κ1) is 14.5. The van der Waals surface area contributed by atoms with Gasteiger partial charge in [0, 0.05) is 0 Å². The minimum absolute atomic E-state index is 0.281. The Hall–Kier alpha value is -0.940. The molecule has 0 aromatic carbocycles. The first-order valence-electron chi connectivity index (χ1n) is 6.90. The molecular formula is C14H22N2O2S. The molecule has 0 atom stereocenters. The lowest BCUT2D eigenvalue weighted by molar-refractivity contribution is 0.0531. The maximum atomic E-state index is 11.8. The highest BCUT2D eigenvalue weighted by molar-refractivity contribution is 7.13. The molecule has 1 aliphatic rings. The van der Waals surface area contributed by atoms with Gasteiger partial charge in [-0.2, -0.15) is 0 Å². The predicted octanol–water partition coefficient (Wildman–Crippen LogP) is 2.99. The van der Waals surface area contributed by atoms with Gasteiger partial charge in [0.05, 0.1) is 17.8 Å². The number of aryl methyl sites for hydroxylation is 1. The molecule has 1 heterocycles. The molecule has 0 amide bonds. The van der Waals surface area contributed by atoms with Crippen molar-refractivity contribution in [2.24, 2.45) is 11.7 Å². The summed E-state index contributed by atoms with van der Waals surface area (Å²) in [6, 6.07) is 0. The maximum Gasteiger partial charge on any atom is 0.350 e. The van der Waals surface area contributed by atoms with Gasteiger partial charge in [0.15, 0.2) is 0 Å². The number of thiazole rings is 1. The smallest absolute Gasteiger partial charge is 0.350 e. The first-order valence-corrected chi connectivity index (χ1v) is 7.72. The molecule has 1 aromatic rings. The number of nitrogens with zero attached hydrogens (tertiary/aromatic N) is 1. The van der Waals surface area contributed by atoms with Crippen LogP contribution in [0.5, 0.6) is 0 Å². The number of rotatable bonds is 3. The van der Waals surface area contributed by atoms with Crippen molar-refractivity contribution >= 4 is 17.3 Å². The van der Waals surface area contributed by atoms with Crippen molar-refractivity contribution in [2.45, 2.75) is 52.0 Å². The molecule has 5 heteroatoms. The van der Waals surface area contributed by atoms with Crippen LogP contribution in [0, 0.1) is 12.8 Å². The second-order valence-electron chi connectivity index (χ2n) is 5.49.